The van der Waals surface area contributed by atoms with Gasteiger partial charge in [-0.1, -0.05) is 141 Å². The Morgan fingerprint density at radius 2 is 1.25 bits per heavy atom. The summed E-state index contributed by atoms with van der Waals surface area (Å²) in [4.78, 5) is 2.55. The number of rotatable bonds is 4. The zero-order chi connectivity index (χ0) is 35.4. The number of fused-ring (bicyclic) bond motifs is 11. The Morgan fingerprint density at radius 1 is 0.509 bits per heavy atom. The molecular formula is C49H37NSSi2. The van der Waals surface area contributed by atoms with E-state index in [4.69, 9.17) is 0 Å². The summed E-state index contributed by atoms with van der Waals surface area (Å²) in [5.74, 6) is 0. The standard InChI is InChI=1S/C49H37NSSi2/c1-52-43-28-27-38-37-13-6-8-16-42(37)51-49(38)48(43)39-26-25-36(30-44(39)52)50(41-15-10-18-46-47(41)40-14-7-9-17-45(40)53(46,2)3)35-23-21-32(22-24-35)34-20-19-31-11-4-5-12-33(31)29-34/h4-30,52H,1-3H3. The summed E-state index contributed by atoms with van der Waals surface area (Å²) in [5.41, 5.74) is 11.9. The summed E-state index contributed by atoms with van der Waals surface area (Å²) in [6.45, 7) is 7.55. The molecule has 0 amide bonds. The molecule has 2 aliphatic heterocycles. The zero-order valence-electron chi connectivity index (χ0n) is 30.0. The third-order valence-electron chi connectivity index (χ3n) is 12.1. The smallest absolute Gasteiger partial charge is 0.113 e. The Morgan fingerprint density at radius 3 is 2.13 bits per heavy atom. The normalized spacial score (nSPS) is 15.0. The van der Waals surface area contributed by atoms with Crippen molar-refractivity contribution in [2.45, 2.75) is 19.6 Å². The molecule has 0 aliphatic carbocycles. The average molecular weight is 728 g/mol. The minimum absolute atomic E-state index is 1.18. The van der Waals surface area contributed by atoms with Gasteiger partial charge in [-0.3, -0.25) is 0 Å². The van der Waals surface area contributed by atoms with E-state index < -0.39 is 16.9 Å². The average Bonchev–Trinajstić information content (AvgIpc) is 3.80. The van der Waals surface area contributed by atoms with Crippen LogP contribution in [0.25, 0.3) is 64.3 Å². The molecule has 9 aromatic rings. The first-order valence-corrected chi connectivity index (χ1v) is 24.8. The molecule has 4 heteroatoms. The molecule has 2 aliphatic rings. The lowest BCUT2D eigenvalue weighted by molar-refractivity contribution is 1.29. The first-order chi connectivity index (χ1) is 26.0. The van der Waals surface area contributed by atoms with Gasteiger partial charge in [0.05, 0.1) is 5.69 Å². The van der Waals surface area contributed by atoms with Gasteiger partial charge in [-0.2, -0.15) is 0 Å². The molecule has 1 nitrogen and oxygen atoms in total. The van der Waals surface area contributed by atoms with Gasteiger partial charge in [0.2, 0.25) is 0 Å². The predicted molar refractivity (Wildman–Crippen MR) is 237 cm³/mol. The summed E-state index contributed by atoms with van der Waals surface area (Å²) in [6, 6.07) is 62.0. The van der Waals surface area contributed by atoms with Crippen molar-refractivity contribution in [1.82, 2.24) is 0 Å². The summed E-state index contributed by atoms with van der Waals surface area (Å²) in [7, 11) is -3.30. The highest BCUT2D eigenvalue weighted by molar-refractivity contribution is 7.26. The van der Waals surface area contributed by atoms with Gasteiger partial charge in [0.15, 0.2) is 0 Å². The molecule has 0 spiro atoms. The van der Waals surface area contributed by atoms with Crippen LogP contribution in [-0.4, -0.2) is 16.9 Å². The van der Waals surface area contributed by atoms with Gasteiger partial charge < -0.3 is 4.90 Å². The number of anilines is 3. The number of hydrogen-bond acceptors (Lipinski definition) is 2. The molecule has 1 aromatic heterocycles. The Hall–Kier alpha value is -5.53. The fourth-order valence-electron chi connectivity index (χ4n) is 9.41. The summed E-state index contributed by atoms with van der Waals surface area (Å²) in [6.07, 6.45) is 0. The number of nitrogens with zero attached hydrogens (tertiary/aromatic N) is 1. The first kappa shape index (κ1) is 31.0. The molecule has 1 unspecified atom stereocenters. The van der Waals surface area contributed by atoms with Crippen LogP contribution in [0.4, 0.5) is 17.1 Å². The van der Waals surface area contributed by atoms with E-state index in [1.54, 1.807) is 10.4 Å². The highest BCUT2D eigenvalue weighted by Gasteiger charge is 2.39. The van der Waals surface area contributed by atoms with E-state index in [2.05, 4.69) is 188 Å². The van der Waals surface area contributed by atoms with Gasteiger partial charge in [0, 0.05) is 37.1 Å². The molecule has 0 N–H and O–H groups in total. The van der Waals surface area contributed by atoms with Gasteiger partial charge in [0.1, 0.15) is 16.9 Å². The number of benzene rings is 8. The van der Waals surface area contributed by atoms with Crippen molar-refractivity contribution < 1.29 is 0 Å². The third kappa shape index (κ3) is 4.53. The topological polar surface area (TPSA) is 3.24 Å². The van der Waals surface area contributed by atoms with Crippen LogP contribution in [0.2, 0.25) is 19.6 Å². The van der Waals surface area contributed by atoms with Crippen LogP contribution in [0, 0.1) is 0 Å². The number of hydrogen-bond donors (Lipinski definition) is 0. The van der Waals surface area contributed by atoms with Crippen LogP contribution in [-0.2, 0) is 0 Å². The van der Waals surface area contributed by atoms with E-state index in [1.807, 2.05) is 11.3 Å². The van der Waals surface area contributed by atoms with Crippen molar-refractivity contribution in [2.75, 3.05) is 4.90 Å². The maximum absolute atomic E-state index is 2.55. The Bertz CT molecular complexity index is 2960. The minimum Gasteiger partial charge on any atom is -0.310 e. The van der Waals surface area contributed by atoms with E-state index in [0.29, 0.717) is 0 Å². The molecule has 3 heterocycles. The maximum Gasteiger partial charge on any atom is 0.113 e. The SMILES string of the molecule is C[SiH]1c2cc(N(c3ccc(-c4ccc5ccccc5c4)cc3)c3cccc4c3-c3ccccc3[Si]4(C)C)ccc2-c2c1ccc1c2sc2ccccc21. The van der Waals surface area contributed by atoms with Crippen molar-refractivity contribution in [3.8, 4) is 33.4 Å². The van der Waals surface area contributed by atoms with E-state index in [0.717, 1.165) is 0 Å². The lowest BCUT2D eigenvalue weighted by Crippen LogP contribution is -2.49. The second-order valence-corrected chi connectivity index (χ2v) is 23.4. The molecule has 0 fully saturated rings. The molecular weight excluding hydrogens is 691 g/mol. The molecule has 0 radical (unpaired) electrons. The molecule has 1 atom stereocenters. The summed E-state index contributed by atoms with van der Waals surface area (Å²) in [5, 5.41) is 11.5. The van der Waals surface area contributed by atoms with E-state index in [1.165, 1.54) is 91.8 Å². The lowest BCUT2D eigenvalue weighted by Gasteiger charge is -2.29. The van der Waals surface area contributed by atoms with Crippen LogP contribution in [0.1, 0.15) is 0 Å². The second-order valence-electron chi connectivity index (χ2n) is 15.3. The Kier molecular flexibility index (Phi) is 6.73. The first-order valence-electron chi connectivity index (χ1n) is 18.7. The van der Waals surface area contributed by atoms with Gasteiger partial charge >= 0.3 is 0 Å². The minimum atomic E-state index is -1.87. The zero-order valence-corrected chi connectivity index (χ0v) is 33.0. The Balaban J connectivity index is 1.10. The van der Waals surface area contributed by atoms with E-state index in [-0.39, 0.29) is 0 Å². The quantitative estimate of drug-likeness (QED) is 0.163. The highest BCUT2D eigenvalue weighted by atomic mass is 32.1. The van der Waals surface area contributed by atoms with Crippen LogP contribution >= 0.6 is 11.3 Å². The second kappa shape index (κ2) is 11.5. The molecule has 252 valence electrons. The van der Waals surface area contributed by atoms with Crippen LogP contribution in [0.15, 0.2) is 164 Å². The molecule has 8 aromatic carbocycles. The largest absolute Gasteiger partial charge is 0.310 e. The molecule has 0 bridgehead atoms. The molecule has 11 rings (SSSR count). The number of thiophene rings is 1. The van der Waals surface area contributed by atoms with Crippen LogP contribution < -0.4 is 25.6 Å². The maximum atomic E-state index is 2.55. The molecule has 0 saturated carbocycles. The van der Waals surface area contributed by atoms with Crippen molar-refractivity contribution in [1.29, 1.82) is 0 Å². The monoisotopic (exact) mass is 727 g/mol. The van der Waals surface area contributed by atoms with Crippen molar-refractivity contribution in [3.63, 3.8) is 0 Å². The Labute approximate surface area is 317 Å². The summed E-state index contributed by atoms with van der Waals surface area (Å²) < 4.78 is 2.82. The highest BCUT2D eigenvalue weighted by Crippen LogP contribution is 2.45. The fraction of sp³-hybridized carbons (Fsp3) is 0.0612. The predicted octanol–water partition coefficient (Wildman–Crippen LogP) is 11.1. The van der Waals surface area contributed by atoms with Gasteiger partial charge in [-0.15, -0.1) is 11.3 Å². The molecule has 53 heavy (non-hydrogen) atoms. The van der Waals surface area contributed by atoms with Gasteiger partial charge in [-0.05, 0) is 102 Å². The van der Waals surface area contributed by atoms with Crippen LogP contribution in [0.5, 0.6) is 0 Å². The lowest BCUT2D eigenvalue weighted by atomic mass is 9.99. The van der Waals surface area contributed by atoms with Crippen molar-refractivity contribution >= 4 is 97.0 Å². The summed E-state index contributed by atoms with van der Waals surface area (Å²) >= 11 is 1.96. The van der Waals surface area contributed by atoms with E-state index >= 15 is 0 Å². The van der Waals surface area contributed by atoms with E-state index in [9.17, 15) is 0 Å². The van der Waals surface area contributed by atoms with Crippen molar-refractivity contribution in [2.24, 2.45) is 0 Å². The van der Waals surface area contributed by atoms with Crippen LogP contribution in [0.3, 0.4) is 0 Å². The molecule has 0 saturated heterocycles. The fourth-order valence-corrected chi connectivity index (χ4v) is 16.4. The van der Waals surface area contributed by atoms with Gasteiger partial charge in [0.25, 0.3) is 0 Å². The third-order valence-corrected chi connectivity index (χ3v) is 19.7. The van der Waals surface area contributed by atoms with Crippen molar-refractivity contribution in [3.05, 3.63) is 164 Å². The van der Waals surface area contributed by atoms with Gasteiger partial charge in [-0.25, -0.2) is 0 Å².